The van der Waals surface area contributed by atoms with E-state index in [2.05, 4.69) is 20.0 Å². The number of amides is 1. The first-order valence-electron chi connectivity index (χ1n) is 8.23. The molecular formula is C17H17FN6O2. The van der Waals surface area contributed by atoms with Crippen LogP contribution in [-0.4, -0.2) is 32.2 Å². The third kappa shape index (κ3) is 2.81. The van der Waals surface area contributed by atoms with E-state index in [1.807, 2.05) is 13.0 Å². The SMILES string of the molecule is Cc1ncc(F)cc1[C@H]1CCCN1c1ccn2ncc(OC(N)=O)c2n1. The van der Waals surface area contributed by atoms with Crippen LogP contribution in [0.5, 0.6) is 5.75 Å². The zero-order valence-corrected chi connectivity index (χ0v) is 14.1. The smallest absolute Gasteiger partial charge is 0.405 e. The zero-order chi connectivity index (χ0) is 18.3. The Morgan fingerprint density at radius 2 is 2.27 bits per heavy atom. The first-order chi connectivity index (χ1) is 12.5. The summed E-state index contributed by atoms with van der Waals surface area (Å²) in [6.45, 7) is 2.65. The Bertz CT molecular complexity index is 989. The van der Waals surface area contributed by atoms with E-state index in [1.165, 1.54) is 23.0 Å². The van der Waals surface area contributed by atoms with E-state index in [4.69, 9.17) is 10.5 Å². The van der Waals surface area contributed by atoms with Crippen LogP contribution in [0.1, 0.15) is 30.1 Å². The Kier molecular flexibility index (Phi) is 3.90. The van der Waals surface area contributed by atoms with Crippen molar-refractivity contribution in [1.82, 2.24) is 19.6 Å². The number of anilines is 1. The van der Waals surface area contributed by atoms with E-state index in [1.54, 1.807) is 6.20 Å². The van der Waals surface area contributed by atoms with Gasteiger partial charge in [0.2, 0.25) is 5.65 Å². The van der Waals surface area contributed by atoms with Crippen molar-refractivity contribution in [2.45, 2.75) is 25.8 Å². The number of hydrogen-bond acceptors (Lipinski definition) is 6. The third-order valence-corrected chi connectivity index (χ3v) is 4.53. The molecule has 3 aromatic heterocycles. The Labute approximate surface area is 148 Å². The molecule has 4 rings (SSSR count). The van der Waals surface area contributed by atoms with E-state index in [-0.39, 0.29) is 17.6 Å². The molecule has 1 aliphatic rings. The molecule has 8 nitrogen and oxygen atoms in total. The second-order valence-corrected chi connectivity index (χ2v) is 6.16. The van der Waals surface area contributed by atoms with Gasteiger partial charge in [0, 0.05) is 18.4 Å². The van der Waals surface area contributed by atoms with Gasteiger partial charge in [0.25, 0.3) is 0 Å². The molecule has 0 aromatic carbocycles. The van der Waals surface area contributed by atoms with Gasteiger partial charge in [-0.3, -0.25) is 4.98 Å². The molecule has 1 amide bonds. The van der Waals surface area contributed by atoms with Gasteiger partial charge in [-0.25, -0.2) is 18.7 Å². The molecule has 0 saturated carbocycles. The largest absolute Gasteiger partial charge is 0.410 e. The number of carbonyl (C=O) groups is 1. The molecule has 26 heavy (non-hydrogen) atoms. The average Bonchev–Trinajstić information content (AvgIpc) is 3.23. The van der Waals surface area contributed by atoms with Crippen LogP contribution in [0, 0.1) is 12.7 Å². The number of aromatic nitrogens is 4. The number of hydrogen-bond donors (Lipinski definition) is 1. The van der Waals surface area contributed by atoms with Gasteiger partial charge < -0.3 is 15.4 Å². The molecule has 0 radical (unpaired) electrons. The van der Waals surface area contributed by atoms with Crippen molar-refractivity contribution >= 4 is 17.6 Å². The van der Waals surface area contributed by atoms with Crippen LogP contribution in [-0.2, 0) is 0 Å². The average molecular weight is 356 g/mol. The summed E-state index contributed by atoms with van der Waals surface area (Å²) in [5, 5.41) is 4.09. The van der Waals surface area contributed by atoms with Gasteiger partial charge >= 0.3 is 6.09 Å². The van der Waals surface area contributed by atoms with E-state index in [9.17, 15) is 9.18 Å². The molecule has 4 heterocycles. The topological polar surface area (TPSA) is 98.6 Å². The highest BCUT2D eigenvalue weighted by Gasteiger charge is 2.29. The quantitative estimate of drug-likeness (QED) is 0.773. The predicted molar refractivity (Wildman–Crippen MR) is 91.5 cm³/mol. The van der Waals surface area contributed by atoms with Crippen LogP contribution in [0.25, 0.3) is 5.65 Å². The Morgan fingerprint density at radius 3 is 3.08 bits per heavy atom. The van der Waals surface area contributed by atoms with Gasteiger partial charge in [0.15, 0.2) is 5.75 Å². The van der Waals surface area contributed by atoms with Gasteiger partial charge in [-0.1, -0.05) is 0 Å². The first kappa shape index (κ1) is 16.2. The third-order valence-electron chi connectivity index (χ3n) is 4.53. The molecule has 1 fully saturated rings. The van der Waals surface area contributed by atoms with Crippen molar-refractivity contribution in [3.05, 3.63) is 47.8 Å². The summed E-state index contributed by atoms with van der Waals surface area (Å²) in [5.74, 6) is 0.533. The number of nitrogens with zero attached hydrogens (tertiary/aromatic N) is 5. The second-order valence-electron chi connectivity index (χ2n) is 6.16. The summed E-state index contributed by atoms with van der Waals surface area (Å²) in [6.07, 6.45) is 5.26. The van der Waals surface area contributed by atoms with Crippen LogP contribution in [0.4, 0.5) is 15.0 Å². The lowest BCUT2D eigenvalue weighted by molar-refractivity contribution is 0.211. The fourth-order valence-corrected chi connectivity index (χ4v) is 3.40. The van der Waals surface area contributed by atoms with Crippen LogP contribution < -0.4 is 15.4 Å². The number of rotatable bonds is 3. The number of carbonyl (C=O) groups excluding carboxylic acids is 1. The number of nitrogens with two attached hydrogens (primary N) is 1. The lowest BCUT2D eigenvalue weighted by atomic mass is 10.0. The summed E-state index contributed by atoms with van der Waals surface area (Å²) >= 11 is 0. The summed E-state index contributed by atoms with van der Waals surface area (Å²) in [5.41, 5.74) is 7.13. The number of aryl methyl sites for hydroxylation is 1. The molecule has 0 unspecified atom stereocenters. The molecule has 2 N–H and O–H groups in total. The highest BCUT2D eigenvalue weighted by Crippen LogP contribution is 2.37. The van der Waals surface area contributed by atoms with Crippen LogP contribution >= 0.6 is 0 Å². The highest BCUT2D eigenvalue weighted by molar-refractivity contribution is 5.71. The summed E-state index contributed by atoms with van der Waals surface area (Å²) < 4.78 is 20.2. The molecular weight excluding hydrogens is 339 g/mol. The van der Waals surface area contributed by atoms with Crippen molar-refractivity contribution < 1.29 is 13.9 Å². The first-order valence-corrected chi connectivity index (χ1v) is 8.23. The van der Waals surface area contributed by atoms with Crippen LogP contribution in [0.3, 0.4) is 0 Å². The second kappa shape index (κ2) is 6.25. The van der Waals surface area contributed by atoms with Gasteiger partial charge in [0.1, 0.15) is 11.6 Å². The lowest BCUT2D eigenvalue weighted by Gasteiger charge is -2.27. The number of primary amides is 1. The van der Waals surface area contributed by atoms with Gasteiger partial charge in [-0.05, 0) is 37.5 Å². The monoisotopic (exact) mass is 356 g/mol. The normalized spacial score (nSPS) is 17.0. The molecule has 0 bridgehead atoms. The highest BCUT2D eigenvalue weighted by atomic mass is 19.1. The molecule has 9 heteroatoms. The fourth-order valence-electron chi connectivity index (χ4n) is 3.40. The number of fused-ring (bicyclic) bond motifs is 1. The summed E-state index contributed by atoms with van der Waals surface area (Å²) in [7, 11) is 0. The van der Waals surface area contributed by atoms with Crippen molar-refractivity contribution in [2.75, 3.05) is 11.4 Å². The minimum absolute atomic E-state index is 0.0171. The zero-order valence-electron chi connectivity index (χ0n) is 14.1. The molecule has 1 saturated heterocycles. The van der Waals surface area contributed by atoms with E-state index in [0.717, 1.165) is 30.6 Å². The minimum Gasteiger partial charge on any atom is -0.405 e. The lowest BCUT2D eigenvalue weighted by Crippen LogP contribution is -2.24. The van der Waals surface area contributed by atoms with Crippen molar-refractivity contribution in [2.24, 2.45) is 5.73 Å². The van der Waals surface area contributed by atoms with Crippen molar-refractivity contribution in [1.29, 1.82) is 0 Å². The number of pyridine rings is 1. The van der Waals surface area contributed by atoms with Gasteiger partial charge in [0.05, 0.1) is 18.4 Å². The van der Waals surface area contributed by atoms with Crippen LogP contribution in [0.15, 0.2) is 30.7 Å². The maximum absolute atomic E-state index is 13.7. The summed E-state index contributed by atoms with van der Waals surface area (Å²) in [6, 6.07) is 3.34. The summed E-state index contributed by atoms with van der Waals surface area (Å²) in [4.78, 5) is 21.9. The molecule has 0 aliphatic carbocycles. The van der Waals surface area contributed by atoms with E-state index >= 15 is 0 Å². The molecule has 0 spiro atoms. The maximum Gasteiger partial charge on any atom is 0.410 e. The van der Waals surface area contributed by atoms with E-state index < -0.39 is 6.09 Å². The molecule has 3 aromatic rings. The predicted octanol–water partition coefficient (Wildman–Crippen LogP) is 2.37. The van der Waals surface area contributed by atoms with Crippen molar-refractivity contribution in [3.8, 4) is 5.75 Å². The van der Waals surface area contributed by atoms with E-state index in [0.29, 0.717) is 11.5 Å². The maximum atomic E-state index is 13.7. The molecule has 1 aliphatic heterocycles. The Balaban J connectivity index is 1.73. The van der Waals surface area contributed by atoms with Gasteiger partial charge in [-0.15, -0.1) is 0 Å². The number of halogens is 1. The fraction of sp³-hybridized carbons (Fsp3) is 0.294. The van der Waals surface area contributed by atoms with Gasteiger partial charge in [-0.2, -0.15) is 5.10 Å². The molecule has 134 valence electrons. The Morgan fingerprint density at radius 1 is 1.42 bits per heavy atom. The molecule has 1 atom stereocenters. The standard InChI is InChI=1S/C17H17FN6O2/c1-10-12(7-11(18)8-20-10)13-3-2-5-23(13)15-4-6-24-16(22-15)14(9-21-24)26-17(19)25/h4,6-9,13H,2-3,5H2,1H3,(H2,19,25)/t13-/m1/s1. The minimum atomic E-state index is -0.924. The van der Waals surface area contributed by atoms with Crippen molar-refractivity contribution in [3.63, 3.8) is 0 Å². The number of ether oxygens (including phenoxy) is 1. The van der Waals surface area contributed by atoms with Crippen LogP contribution in [0.2, 0.25) is 0 Å². The Hall–Kier alpha value is -3.23.